The van der Waals surface area contributed by atoms with E-state index in [9.17, 15) is 13.2 Å². The van der Waals surface area contributed by atoms with Crippen molar-refractivity contribution in [2.75, 3.05) is 0 Å². The maximum absolute atomic E-state index is 12.5. The maximum atomic E-state index is 12.5. The van der Waals surface area contributed by atoms with Crippen molar-refractivity contribution < 1.29 is 18.4 Å². The predicted molar refractivity (Wildman–Crippen MR) is 48.6 cm³/mol. The molecule has 0 heterocycles. The third-order valence-electron chi connectivity index (χ3n) is 1.82. The van der Waals surface area contributed by atoms with Gasteiger partial charge in [0.05, 0.1) is 5.56 Å². The summed E-state index contributed by atoms with van der Waals surface area (Å²) in [6.07, 6.45) is -4.65. The highest BCUT2D eigenvalue weighted by Gasteiger charge is 2.32. The van der Waals surface area contributed by atoms with Gasteiger partial charge in [0.25, 0.3) is 0 Å². The monoisotopic (exact) mass is 218 g/mol. The zero-order chi connectivity index (χ0) is 11.5. The van der Waals surface area contributed by atoms with Crippen molar-refractivity contribution in [1.82, 2.24) is 0 Å². The fraction of sp³-hybridized carbons (Fsp3) is 0.222. The Morgan fingerprint density at radius 3 is 2.47 bits per heavy atom. The summed E-state index contributed by atoms with van der Waals surface area (Å²) in [6, 6.07) is 5.01. The quantitative estimate of drug-likeness (QED) is 0.345. The molecular formula is C9H9F3N2O. The van der Waals surface area contributed by atoms with Gasteiger partial charge in [0.2, 0.25) is 0 Å². The Morgan fingerprint density at radius 1 is 1.33 bits per heavy atom. The van der Waals surface area contributed by atoms with E-state index >= 15 is 0 Å². The van der Waals surface area contributed by atoms with Gasteiger partial charge in [0, 0.05) is 6.42 Å². The fourth-order valence-corrected chi connectivity index (χ4v) is 1.18. The Balaban J connectivity index is 3.08. The van der Waals surface area contributed by atoms with Gasteiger partial charge in [-0.1, -0.05) is 23.4 Å². The highest BCUT2D eigenvalue weighted by Crippen LogP contribution is 2.31. The highest BCUT2D eigenvalue weighted by atomic mass is 19.4. The zero-order valence-electron chi connectivity index (χ0n) is 7.62. The first-order valence-electron chi connectivity index (χ1n) is 4.06. The lowest BCUT2D eigenvalue weighted by Crippen LogP contribution is -2.18. The summed E-state index contributed by atoms with van der Waals surface area (Å²) >= 11 is 0. The third kappa shape index (κ3) is 2.87. The number of hydrogen-bond acceptors (Lipinski definition) is 2. The van der Waals surface area contributed by atoms with E-state index in [1.165, 1.54) is 18.2 Å². The molecule has 0 aliphatic rings. The van der Waals surface area contributed by atoms with Gasteiger partial charge < -0.3 is 10.9 Å². The standard InChI is InChI=1S/C9H9F3N2O/c10-9(11,12)7-4-2-1-3-6(7)5-8(13)14-15/h1-4,15H,5H2,(H2,13,14). The van der Waals surface area contributed by atoms with Crippen LogP contribution in [0.5, 0.6) is 0 Å². The molecule has 0 unspecified atom stereocenters. The van der Waals surface area contributed by atoms with Crippen LogP contribution in [0.3, 0.4) is 0 Å². The summed E-state index contributed by atoms with van der Waals surface area (Å²) in [5.41, 5.74) is 4.37. The van der Waals surface area contributed by atoms with Crippen LogP contribution in [-0.2, 0) is 12.6 Å². The molecule has 3 nitrogen and oxygen atoms in total. The molecule has 0 bridgehead atoms. The first kappa shape index (κ1) is 11.4. The Bertz CT molecular complexity index is 374. The van der Waals surface area contributed by atoms with Gasteiger partial charge in [-0.25, -0.2) is 0 Å². The lowest BCUT2D eigenvalue weighted by molar-refractivity contribution is -0.138. The van der Waals surface area contributed by atoms with E-state index in [1.807, 2.05) is 0 Å². The molecule has 1 aromatic carbocycles. The molecular weight excluding hydrogens is 209 g/mol. The second kappa shape index (κ2) is 4.20. The Morgan fingerprint density at radius 2 is 1.93 bits per heavy atom. The molecule has 0 saturated heterocycles. The summed E-state index contributed by atoms with van der Waals surface area (Å²) in [6.45, 7) is 0. The SMILES string of the molecule is N/C(Cc1ccccc1C(F)(F)F)=N/O. The van der Waals surface area contributed by atoms with Crippen molar-refractivity contribution in [2.45, 2.75) is 12.6 Å². The Hall–Kier alpha value is -1.72. The van der Waals surface area contributed by atoms with Crippen molar-refractivity contribution in [3.05, 3.63) is 35.4 Å². The van der Waals surface area contributed by atoms with Gasteiger partial charge in [-0.15, -0.1) is 0 Å². The zero-order valence-corrected chi connectivity index (χ0v) is 7.62. The minimum absolute atomic E-state index is 0.0136. The van der Waals surface area contributed by atoms with E-state index in [4.69, 9.17) is 10.9 Å². The average molecular weight is 218 g/mol. The molecule has 0 amide bonds. The van der Waals surface area contributed by atoms with Crippen LogP contribution < -0.4 is 5.73 Å². The van der Waals surface area contributed by atoms with Crippen LogP contribution in [-0.4, -0.2) is 11.0 Å². The molecule has 6 heteroatoms. The number of hydrogen-bond donors (Lipinski definition) is 2. The number of nitrogens with zero attached hydrogens (tertiary/aromatic N) is 1. The van der Waals surface area contributed by atoms with E-state index < -0.39 is 11.7 Å². The van der Waals surface area contributed by atoms with Crippen LogP contribution in [0.15, 0.2) is 29.4 Å². The Kier molecular flexibility index (Phi) is 3.18. The topological polar surface area (TPSA) is 58.6 Å². The van der Waals surface area contributed by atoms with Crippen LogP contribution in [0.25, 0.3) is 0 Å². The molecule has 0 atom stereocenters. The molecule has 0 radical (unpaired) electrons. The van der Waals surface area contributed by atoms with Crippen LogP contribution in [0.4, 0.5) is 13.2 Å². The van der Waals surface area contributed by atoms with Gasteiger partial charge in [-0.3, -0.25) is 0 Å². The van der Waals surface area contributed by atoms with Crippen LogP contribution in [0, 0.1) is 0 Å². The lowest BCUT2D eigenvalue weighted by atomic mass is 10.0. The molecule has 15 heavy (non-hydrogen) atoms. The number of alkyl halides is 3. The predicted octanol–water partition coefficient (Wildman–Crippen LogP) is 1.99. The largest absolute Gasteiger partial charge is 0.416 e. The molecule has 0 aromatic heterocycles. The summed E-state index contributed by atoms with van der Waals surface area (Å²) in [4.78, 5) is 0. The molecule has 82 valence electrons. The molecule has 1 aromatic rings. The molecule has 3 N–H and O–H groups in total. The molecule has 0 aliphatic carbocycles. The van der Waals surface area contributed by atoms with Gasteiger partial charge in [-0.05, 0) is 11.6 Å². The van der Waals surface area contributed by atoms with Gasteiger partial charge in [0.15, 0.2) is 0 Å². The molecule has 0 saturated carbocycles. The van der Waals surface area contributed by atoms with Gasteiger partial charge >= 0.3 is 6.18 Å². The van der Waals surface area contributed by atoms with Crippen LogP contribution in [0.1, 0.15) is 11.1 Å². The van der Waals surface area contributed by atoms with E-state index in [1.54, 1.807) is 0 Å². The highest BCUT2D eigenvalue weighted by molar-refractivity contribution is 5.82. The van der Waals surface area contributed by atoms with Crippen molar-refractivity contribution in [1.29, 1.82) is 0 Å². The van der Waals surface area contributed by atoms with E-state index in [2.05, 4.69) is 5.16 Å². The van der Waals surface area contributed by atoms with Crippen molar-refractivity contribution in [2.24, 2.45) is 10.9 Å². The number of oxime groups is 1. The van der Waals surface area contributed by atoms with Crippen LogP contribution in [0.2, 0.25) is 0 Å². The normalized spacial score (nSPS) is 12.9. The smallest absolute Gasteiger partial charge is 0.409 e. The number of nitrogens with two attached hydrogens (primary N) is 1. The summed E-state index contributed by atoms with van der Waals surface area (Å²) in [5.74, 6) is -0.258. The van der Waals surface area contributed by atoms with Crippen LogP contribution >= 0.6 is 0 Å². The van der Waals surface area contributed by atoms with E-state index in [0.29, 0.717) is 0 Å². The van der Waals surface area contributed by atoms with Crippen molar-refractivity contribution >= 4 is 5.84 Å². The van der Waals surface area contributed by atoms with E-state index in [0.717, 1.165) is 6.07 Å². The van der Waals surface area contributed by atoms with Crippen molar-refractivity contribution in [3.8, 4) is 0 Å². The van der Waals surface area contributed by atoms with Crippen molar-refractivity contribution in [3.63, 3.8) is 0 Å². The van der Waals surface area contributed by atoms with E-state index in [-0.39, 0.29) is 17.8 Å². The number of benzene rings is 1. The summed E-state index contributed by atoms with van der Waals surface area (Å²) < 4.78 is 37.4. The minimum Gasteiger partial charge on any atom is -0.409 e. The Labute approximate surface area is 84.0 Å². The molecule has 0 fully saturated rings. The molecule has 0 aliphatic heterocycles. The molecule has 1 rings (SSSR count). The minimum atomic E-state index is -4.42. The summed E-state index contributed by atoms with van der Waals surface area (Å²) in [7, 11) is 0. The fourth-order valence-electron chi connectivity index (χ4n) is 1.18. The van der Waals surface area contributed by atoms with Gasteiger partial charge in [-0.2, -0.15) is 13.2 Å². The number of halogens is 3. The first-order valence-corrected chi connectivity index (χ1v) is 4.06. The average Bonchev–Trinajstić information content (AvgIpc) is 2.17. The first-order chi connectivity index (χ1) is 6.95. The third-order valence-corrected chi connectivity index (χ3v) is 1.82. The number of rotatable bonds is 2. The summed E-state index contributed by atoms with van der Waals surface area (Å²) in [5, 5.41) is 10.9. The second-order valence-electron chi connectivity index (χ2n) is 2.92. The maximum Gasteiger partial charge on any atom is 0.416 e. The van der Waals surface area contributed by atoms with Gasteiger partial charge in [0.1, 0.15) is 5.84 Å². The second-order valence-corrected chi connectivity index (χ2v) is 2.92. The molecule has 0 spiro atoms. The number of amidine groups is 1. The lowest BCUT2D eigenvalue weighted by Gasteiger charge is -2.11.